The van der Waals surface area contributed by atoms with Crippen LogP contribution in [-0.2, 0) is 14.9 Å². The quantitative estimate of drug-likeness (QED) is 0.658. The van der Waals surface area contributed by atoms with Gasteiger partial charge in [0.2, 0.25) is 5.91 Å². The third-order valence-corrected chi connectivity index (χ3v) is 8.22. The number of hydrogen-bond donors (Lipinski definition) is 0. The van der Waals surface area contributed by atoms with Crippen molar-refractivity contribution in [3.63, 3.8) is 0 Å². The zero-order chi connectivity index (χ0) is 16.3. The summed E-state index contributed by atoms with van der Waals surface area (Å²) in [5, 5.41) is 0. The number of para-hydroxylation sites is 1. The number of nitrogens with zero attached hydrogens (tertiary/aromatic N) is 2. The van der Waals surface area contributed by atoms with Gasteiger partial charge in [0.15, 0.2) is 0 Å². The number of piperidine rings is 2. The lowest BCUT2D eigenvalue weighted by Gasteiger charge is -2.58. The van der Waals surface area contributed by atoms with Crippen LogP contribution in [0.15, 0.2) is 35.9 Å². The van der Waals surface area contributed by atoms with Crippen LogP contribution >= 0.6 is 12.4 Å². The Morgan fingerprint density at radius 3 is 3.04 bits per heavy atom. The third kappa shape index (κ3) is 1.52. The van der Waals surface area contributed by atoms with E-state index in [0.717, 1.165) is 6.54 Å². The molecule has 136 valence electrons. The predicted molar refractivity (Wildman–Crippen MR) is 101 cm³/mol. The van der Waals surface area contributed by atoms with Gasteiger partial charge in [0.1, 0.15) is 0 Å². The minimum Gasteiger partial charge on any atom is -0.373 e. The zero-order valence-electron chi connectivity index (χ0n) is 14.6. The highest BCUT2D eigenvalue weighted by Crippen LogP contribution is 2.65. The molecule has 5 heterocycles. The molecule has 4 nitrogen and oxygen atoms in total. The van der Waals surface area contributed by atoms with Gasteiger partial charge in [0, 0.05) is 29.6 Å². The van der Waals surface area contributed by atoms with Gasteiger partial charge in [-0.05, 0) is 36.9 Å². The molecule has 6 atom stereocenters. The molecule has 1 aromatic rings. The van der Waals surface area contributed by atoms with Crippen molar-refractivity contribution >= 4 is 24.0 Å². The third-order valence-electron chi connectivity index (χ3n) is 8.22. The van der Waals surface area contributed by atoms with Crippen LogP contribution < -0.4 is 4.90 Å². The van der Waals surface area contributed by atoms with Crippen LogP contribution in [0.3, 0.4) is 0 Å². The number of carbonyl (C=O) groups is 1. The average Bonchev–Trinajstić information content (AvgIpc) is 3.10. The first kappa shape index (κ1) is 15.7. The van der Waals surface area contributed by atoms with Crippen molar-refractivity contribution in [1.82, 2.24) is 4.90 Å². The molecular formula is C21H23ClN2O2. The van der Waals surface area contributed by atoms with Crippen LogP contribution in [0.2, 0.25) is 0 Å². The van der Waals surface area contributed by atoms with Gasteiger partial charge in [-0.2, -0.15) is 0 Å². The van der Waals surface area contributed by atoms with Crippen molar-refractivity contribution in [3.05, 3.63) is 41.5 Å². The maximum atomic E-state index is 13.2. The Labute approximate surface area is 159 Å². The largest absolute Gasteiger partial charge is 0.373 e. The fourth-order valence-electron chi connectivity index (χ4n) is 7.51. The molecule has 1 amide bonds. The van der Waals surface area contributed by atoms with Crippen molar-refractivity contribution in [2.24, 2.45) is 11.8 Å². The van der Waals surface area contributed by atoms with Gasteiger partial charge in [-0.1, -0.05) is 29.8 Å². The standard InChI is InChI=1S/C21H22N2O2.ClH/c24-18-10-16-19-13-9-17-21(6-7-22(17)11-12(13)5-8-25-16)14-3-1-2-4-15(14)23(18)20(19)21;/h1-5,13,16-17,19-20H,6-11H2;1H/t13-,16-,17-,19-,20-,21-;/m0./s1. The van der Waals surface area contributed by atoms with Crippen LogP contribution in [0.1, 0.15) is 24.8 Å². The van der Waals surface area contributed by atoms with Crippen LogP contribution in [0.25, 0.3) is 0 Å². The molecule has 4 fully saturated rings. The molecule has 5 heteroatoms. The van der Waals surface area contributed by atoms with E-state index in [1.807, 2.05) is 0 Å². The second kappa shape index (κ2) is 4.92. The first-order chi connectivity index (χ1) is 12.3. The highest BCUT2D eigenvalue weighted by molar-refractivity contribution is 5.99. The summed E-state index contributed by atoms with van der Waals surface area (Å²) in [6.45, 7) is 2.97. The van der Waals surface area contributed by atoms with Gasteiger partial charge < -0.3 is 9.64 Å². The van der Waals surface area contributed by atoms with E-state index in [1.165, 1.54) is 30.6 Å². The molecule has 3 saturated heterocycles. The lowest BCUT2D eigenvalue weighted by molar-refractivity contribution is -0.132. The molecule has 1 aromatic carbocycles. The molecule has 2 bridgehead atoms. The maximum absolute atomic E-state index is 13.2. The number of halogens is 1. The summed E-state index contributed by atoms with van der Waals surface area (Å²) in [5.41, 5.74) is 4.35. The monoisotopic (exact) mass is 370 g/mol. The molecule has 1 aliphatic carbocycles. The SMILES string of the molecule is Cl.O=C1C[C@@H]2OCC=C3CN4CC[C@@]56c7ccccc7N1[C@H]5[C@H]2[C@H]3C[C@H]46. The Hall–Kier alpha value is -1.36. The summed E-state index contributed by atoms with van der Waals surface area (Å²) in [6, 6.07) is 9.64. The molecule has 0 unspecified atom stereocenters. The molecule has 26 heavy (non-hydrogen) atoms. The Kier molecular flexibility index (Phi) is 2.96. The smallest absolute Gasteiger partial charge is 0.229 e. The van der Waals surface area contributed by atoms with E-state index in [2.05, 4.69) is 40.1 Å². The second-order valence-corrected chi connectivity index (χ2v) is 8.78. The maximum Gasteiger partial charge on any atom is 0.229 e. The lowest BCUT2D eigenvalue weighted by Crippen LogP contribution is -2.69. The Morgan fingerprint density at radius 1 is 1.23 bits per heavy atom. The highest BCUT2D eigenvalue weighted by atomic mass is 35.5. The molecule has 0 radical (unpaired) electrons. The van der Waals surface area contributed by atoms with E-state index < -0.39 is 0 Å². The van der Waals surface area contributed by atoms with Crippen LogP contribution in [-0.4, -0.2) is 48.7 Å². The van der Waals surface area contributed by atoms with E-state index in [1.54, 1.807) is 5.57 Å². The summed E-state index contributed by atoms with van der Waals surface area (Å²) in [4.78, 5) is 18.1. The summed E-state index contributed by atoms with van der Waals surface area (Å²) < 4.78 is 6.25. The predicted octanol–water partition coefficient (Wildman–Crippen LogP) is 2.51. The van der Waals surface area contributed by atoms with Crippen molar-refractivity contribution < 1.29 is 9.53 Å². The lowest BCUT2D eigenvalue weighted by atomic mass is 9.53. The molecule has 5 aliphatic heterocycles. The molecule has 1 spiro atoms. The summed E-state index contributed by atoms with van der Waals surface area (Å²) in [6.07, 6.45) is 5.43. The van der Waals surface area contributed by atoms with Crippen molar-refractivity contribution in [3.8, 4) is 0 Å². The zero-order valence-corrected chi connectivity index (χ0v) is 15.5. The normalized spacial score (nSPS) is 44.2. The minimum atomic E-state index is 0. The van der Waals surface area contributed by atoms with Gasteiger partial charge in [-0.25, -0.2) is 0 Å². The second-order valence-electron chi connectivity index (χ2n) is 8.78. The molecule has 7 rings (SSSR count). The number of carbonyl (C=O) groups excluding carboxylic acids is 1. The number of ether oxygens (including phenoxy) is 1. The molecule has 1 saturated carbocycles. The van der Waals surface area contributed by atoms with Gasteiger partial charge in [-0.15, -0.1) is 12.4 Å². The van der Waals surface area contributed by atoms with E-state index in [0.29, 0.717) is 36.9 Å². The first-order valence-corrected chi connectivity index (χ1v) is 9.75. The van der Waals surface area contributed by atoms with Crippen LogP contribution in [0.4, 0.5) is 5.69 Å². The highest BCUT2D eigenvalue weighted by Gasteiger charge is 2.70. The minimum absolute atomic E-state index is 0. The van der Waals surface area contributed by atoms with Gasteiger partial charge in [0.05, 0.1) is 25.2 Å². The first-order valence-electron chi connectivity index (χ1n) is 9.75. The number of benzene rings is 1. The summed E-state index contributed by atoms with van der Waals surface area (Å²) in [7, 11) is 0. The van der Waals surface area contributed by atoms with E-state index in [-0.39, 0.29) is 29.8 Å². The van der Waals surface area contributed by atoms with Gasteiger partial charge >= 0.3 is 0 Å². The average molecular weight is 371 g/mol. The number of amides is 1. The van der Waals surface area contributed by atoms with Crippen molar-refractivity contribution in [2.45, 2.75) is 42.9 Å². The fraction of sp³-hybridized carbons (Fsp3) is 0.571. The van der Waals surface area contributed by atoms with Gasteiger partial charge in [0.25, 0.3) is 0 Å². The number of rotatable bonds is 0. The van der Waals surface area contributed by atoms with E-state index in [4.69, 9.17) is 4.74 Å². The Bertz CT molecular complexity index is 854. The number of hydrogen-bond acceptors (Lipinski definition) is 3. The summed E-state index contributed by atoms with van der Waals surface area (Å²) in [5.74, 6) is 1.35. The summed E-state index contributed by atoms with van der Waals surface area (Å²) >= 11 is 0. The van der Waals surface area contributed by atoms with Crippen molar-refractivity contribution in [2.75, 3.05) is 24.6 Å². The van der Waals surface area contributed by atoms with E-state index >= 15 is 0 Å². The van der Waals surface area contributed by atoms with E-state index in [9.17, 15) is 4.79 Å². The van der Waals surface area contributed by atoms with Crippen LogP contribution in [0.5, 0.6) is 0 Å². The fourth-order valence-corrected chi connectivity index (χ4v) is 7.51. The number of anilines is 1. The van der Waals surface area contributed by atoms with Crippen LogP contribution in [0, 0.1) is 11.8 Å². The Balaban J connectivity index is 0.00000137. The molecule has 0 aromatic heterocycles. The topological polar surface area (TPSA) is 32.8 Å². The number of fused-ring (bicyclic) bond motifs is 2. The van der Waals surface area contributed by atoms with Crippen molar-refractivity contribution in [1.29, 1.82) is 0 Å². The molecule has 6 aliphatic rings. The Morgan fingerprint density at radius 2 is 2.12 bits per heavy atom. The molecular weight excluding hydrogens is 348 g/mol. The molecule has 0 N–H and O–H groups in total. The van der Waals surface area contributed by atoms with Gasteiger partial charge in [-0.3, -0.25) is 9.69 Å².